The Morgan fingerprint density at radius 1 is 1.00 bits per heavy atom. The maximum atomic E-state index is 5.86. The Morgan fingerprint density at radius 2 is 1.63 bits per heavy atom. The van der Waals surface area contributed by atoms with Gasteiger partial charge in [-0.2, -0.15) is 0 Å². The molecule has 0 fully saturated rings. The van der Waals surface area contributed by atoms with Crippen molar-refractivity contribution in [1.29, 1.82) is 0 Å². The van der Waals surface area contributed by atoms with Crippen LogP contribution in [0.2, 0.25) is 0 Å². The monoisotopic (exact) mass is 254 g/mol. The summed E-state index contributed by atoms with van der Waals surface area (Å²) in [5.74, 6) is 0. The highest BCUT2D eigenvalue weighted by Gasteiger charge is 2.03. The minimum Gasteiger partial charge on any atom is -0.374 e. The predicted molar refractivity (Wildman–Crippen MR) is 82.5 cm³/mol. The first-order valence-electron chi connectivity index (χ1n) is 6.77. The molecule has 0 heterocycles. The summed E-state index contributed by atoms with van der Waals surface area (Å²) in [5.41, 5.74) is 9.65. The maximum absolute atomic E-state index is 5.86. The molecule has 2 rings (SSSR count). The molecule has 2 aromatic rings. The Labute approximate surface area is 115 Å². The fourth-order valence-electron chi connectivity index (χ4n) is 2.10. The lowest BCUT2D eigenvalue weighted by Crippen LogP contribution is -2.20. The Kier molecular flexibility index (Phi) is 4.58. The second-order valence-electron chi connectivity index (χ2n) is 5.04. The fraction of sp³-hybridized carbons (Fsp3) is 0.294. The zero-order chi connectivity index (χ0) is 13.7. The number of hydrogen-bond acceptors (Lipinski definition) is 2. The van der Waals surface area contributed by atoms with Gasteiger partial charge in [-0.05, 0) is 36.6 Å². The summed E-state index contributed by atoms with van der Waals surface area (Å²) in [6.45, 7) is 3.02. The molecule has 0 amide bonds. The topological polar surface area (TPSA) is 29.3 Å². The molecule has 2 aromatic carbocycles. The molecule has 1 atom stereocenters. The minimum atomic E-state index is 0.101. The molecule has 100 valence electrons. The maximum Gasteiger partial charge on any atom is 0.0363 e. The van der Waals surface area contributed by atoms with E-state index in [1.165, 1.54) is 16.8 Å². The van der Waals surface area contributed by atoms with Gasteiger partial charge in [0.1, 0.15) is 0 Å². The first-order valence-corrected chi connectivity index (χ1v) is 6.77. The summed E-state index contributed by atoms with van der Waals surface area (Å²) in [6.07, 6.45) is 1.06. The third-order valence-electron chi connectivity index (χ3n) is 3.44. The van der Waals surface area contributed by atoms with Crippen molar-refractivity contribution < 1.29 is 0 Å². The number of anilines is 1. The Morgan fingerprint density at radius 3 is 2.21 bits per heavy atom. The quantitative estimate of drug-likeness (QED) is 0.886. The Balaban J connectivity index is 1.94. The lowest BCUT2D eigenvalue weighted by atomic mass is 10.1. The summed E-state index contributed by atoms with van der Waals surface area (Å²) in [6, 6.07) is 19.2. The van der Waals surface area contributed by atoms with Crippen molar-refractivity contribution in [3.63, 3.8) is 0 Å². The van der Waals surface area contributed by atoms with Gasteiger partial charge in [0.25, 0.3) is 0 Å². The molecule has 2 nitrogen and oxygen atoms in total. The summed E-state index contributed by atoms with van der Waals surface area (Å²) >= 11 is 0. The molecular weight excluding hydrogens is 232 g/mol. The predicted octanol–water partition coefficient (Wildman–Crippen LogP) is 3.39. The van der Waals surface area contributed by atoms with E-state index < -0.39 is 0 Å². The Bertz CT molecular complexity index is 488. The van der Waals surface area contributed by atoms with Crippen molar-refractivity contribution in [3.05, 3.63) is 65.7 Å². The van der Waals surface area contributed by atoms with Crippen molar-refractivity contribution in [3.8, 4) is 0 Å². The SMILES string of the molecule is CC(N)c1ccc(N(C)CCc2ccccc2)cc1. The molecule has 0 saturated carbocycles. The normalized spacial score (nSPS) is 12.2. The van der Waals surface area contributed by atoms with Crippen LogP contribution >= 0.6 is 0 Å². The van der Waals surface area contributed by atoms with Gasteiger partial charge < -0.3 is 10.6 Å². The van der Waals surface area contributed by atoms with E-state index in [0.29, 0.717) is 0 Å². The van der Waals surface area contributed by atoms with Crippen LogP contribution in [0.5, 0.6) is 0 Å². The molecule has 0 aliphatic carbocycles. The van der Waals surface area contributed by atoms with Crippen LogP contribution < -0.4 is 10.6 Å². The van der Waals surface area contributed by atoms with Gasteiger partial charge in [-0.15, -0.1) is 0 Å². The first-order chi connectivity index (χ1) is 9.16. The highest BCUT2D eigenvalue weighted by atomic mass is 15.1. The van der Waals surface area contributed by atoms with Crippen LogP contribution in [0.15, 0.2) is 54.6 Å². The van der Waals surface area contributed by atoms with Crippen LogP contribution in [0.25, 0.3) is 0 Å². The van der Waals surface area contributed by atoms with Crippen molar-refractivity contribution in [1.82, 2.24) is 0 Å². The molecule has 0 aliphatic heterocycles. The van der Waals surface area contributed by atoms with Crippen LogP contribution in [-0.4, -0.2) is 13.6 Å². The van der Waals surface area contributed by atoms with Gasteiger partial charge >= 0.3 is 0 Å². The smallest absolute Gasteiger partial charge is 0.0363 e. The average molecular weight is 254 g/mol. The zero-order valence-corrected chi connectivity index (χ0v) is 11.7. The molecule has 0 bridgehead atoms. The van der Waals surface area contributed by atoms with Crippen LogP contribution in [0.4, 0.5) is 5.69 Å². The third kappa shape index (κ3) is 3.83. The summed E-state index contributed by atoms with van der Waals surface area (Å²) in [4.78, 5) is 2.28. The van der Waals surface area contributed by atoms with Crippen molar-refractivity contribution >= 4 is 5.69 Å². The van der Waals surface area contributed by atoms with Gasteiger partial charge in [0.15, 0.2) is 0 Å². The van der Waals surface area contributed by atoms with E-state index in [9.17, 15) is 0 Å². The molecular formula is C17H22N2. The van der Waals surface area contributed by atoms with Gasteiger partial charge in [-0.25, -0.2) is 0 Å². The number of likely N-dealkylation sites (N-methyl/N-ethyl adjacent to an activating group) is 1. The molecule has 2 N–H and O–H groups in total. The van der Waals surface area contributed by atoms with Gasteiger partial charge in [0.05, 0.1) is 0 Å². The third-order valence-corrected chi connectivity index (χ3v) is 3.44. The van der Waals surface area contributed by atoms with E-state index in [0.717, 1.165) is 13.0 Å². The van der Waals surface area contributed by atoms with Crippen LogP contribution in [0, 0.1) is 0 Å². The number of rotatable bonds is 5. The highest BCUT2D eigenvalue weighted by molar-refractivity contribution is 5.47. The first kappa shape index (κ1) is 13.6. The molecule has 2 heteroatoms. The van der Waals surface area contributed by atoms with Gasteiger partial charge in [-0.3, -0.25) is 0 Å². The largest absolute Gasteiger partial charge is 0.374 e. The number of benzene rings is 2. The molecule has 0 aromatic heterocycles. The molecule has 0 radical (unpaired) electrons. The number of nitrogens with two attached hydrogens (primary N) is 1. The van der Waals surface area contributed by atoms with Crippen molar-refractivity contribution in [2.75, 3.05) is 18.5 Å². The van der Waals surface area contributed by atoms with E-state index in [-0.39, 0.29) is 6.04 Å². The lowest BCUT2D eigenvalue weighted by Gasteiger charge is -2.20. The Hall–Kier alpha value is -1.80. The summed E-state index contributed by atoms with van der Waals surface area (Å²) in [7, 11) is 2.13. The molecule has 0 spiro atoms. The number of hydrogen-bond donors (Lipinski definition) is 1. The molecule has 0 saturated heterocycles. The average Bonchev–Trinajstić information content (AvgIpc) is 2.46. The standard InChI is InChI=1S/C17H22N2/c1-14(18)16-8-10-17(11-9-16)19(2)13-12-15-6-4-3-5-7-15/h3-11,14H,12-13,18H2,1-2H3. The van der Waals surface area contributed by atoms with E-state index in [1.807, 2.05) is 6.92 Å². The molecule has 0 aliphatic rings. The molecule has 19 heavy (non-hydrogen) atoms. The lowest BCUT2D eigenvalue weighted by molar-refractivity contribution is 0.816. The van der Waals surface area contributed by atoms with Gasteiger partial charge in [-0.1, -0.05) is 42.5 Å². The van der Waals surface area contributed by atoms with Crippen LogP contribution in [-0.2, 0) is 6.42 Å². The second-order valence-corrected chi connectivity index (χ2v) is 5.04. The van der Waals surface area contributed by atoms with Crippen LogP contribution in [0.1, 0.15) is 24.1 Å². The second kappa shape index (κ2) is 6.39. The van der Waals surface area contributed by atoms with E-state index in [4.69, 9.17) is 5.73 Å². The van der Waals surface area contributed by atoms with Gasteiger partial charge in [0, 0.05) is 25.3 Å². The van der Waals surface area contributed by atoms with E-state index in [1.54, 1.807) is 0 Å². The number of nitrogens with zero attached hydrogens (tertiary/aromatic N) is 1. The van der Waals surface area contributed by atoms with Crippen molar-refractivity contribution in [2.45, 2.75) is 19.4 Å². The van der Waals surface area contributed by atoms with Gasteiger partial charge in [0.2, 0.25) is 0 Å². The van der Waals surface area contributed by atoms with Crippen LogP contribution in [0.3, 0.4) is 0 Å². The summed E-state index contributed by atoms with van der Waals surface area (Å²) in [5, 5.41) is 0. The molecule has 1 unspecified atom stereocenters. The minimum absolute atomic E-state index is 0.101. The summed E-state index contributed by atoms with van der Waals surface area (Å²) < 4.78 is 0. The van der Waals surface area contributed by atoms with Crippen molar-refractivity contribution in [2.24, 2.45) is 5.73 Å². The van der Waals surface area contributed by atoms with E-state index in [2.05, 4.69) is 66.5 Å². The zero-order valence-electron chi connectivity index (χ0n) is 11.7. The highest BCUT2D eigenvalue weighted by Crippen LogP contribution is 2.17. The van der Waals surface area contributed by atoms with E-state index >= 15 is 0 Å². The fourth-order valence-corrected chi connectivity index (χ4v) is 2.10.